The molecule has 2 amide bonds. The van der Waals surface area contributed by atoms with Gasteiger partial charge in [0.15, 0.2) is 13.2 Å². The molecule has 0 bridgehead atoms. The number of aromatic nitrogens is 4. The van der Waals surface area contributed by atoms with Gasteiger partial charge in [-0.15, -0.1) is 0 Å². The van der Waals surface area contributed by atoms with Crippen molar-refractivity contribution in [2.75, 3.05) is 18.5 Å². The van der Waals surface area contributed by atoms with Gasteiger partial charge >= 0.3 is 5.97 Å². The van der Waals surface area contributed by atoms with E-state index < -0.39 is 31.0 Å². The zero-order valence-corrected chi connectivity index (χ0v) is 17.8. The minimum Gasteiger partial charge on any atom is -0.483 e. The third-order valence-electron chi connectivity index (χ3n) is 4.07. The van der Waals surface area contributed by atoms with Crippen LogP contribution in [0.3, 0.4) is 0 Å². The van der Waals surface area contributed by atoms with Crippen molar-refractivity contribution in [3.05, 3.63) is 59.0 Å². The number of anilines is 1. The Bertz CT molecular complexity index is 1150. The second kappa shape index (κ2) is 9.69. The Labute approximate surface area is 183 Å². The first kappa shape index (κ1) is 22.4. The molecule has 2 heterocycles. The largest absolute Gasteiger partial charge is 0.483 e. The molecule has 0 aliphatic rings. The van der Waals surface area contributed by atoms with Gasteiger partial charge in [0.1, 0.15) is 17.1 Å². The molecule has 1 aromatic carbocycles. The minimum atomic E-state index is -0.789. The molecule has 0 aliphatic heterocycles. The summed E-state index contributed by atoms with van der Waals surface area (Å²) >= 11 is 0. The summed E-state index contributed by atoms with van der Waals surface area (Å²) in [4.78, 5) is 44.4. The number of rotatable bonds is 8. The van der Waals surface area contributed by atoms with Crippen molar-refractivity contribution in [3.8, 4) is 11.7 Å². The summed E-state index contributed by atoms with van der Waals surface area (Å²) in [5.74, 6) is -1.30. The second-order valence-electron chi connectivity index (χ2n) is 6.91. The van der Waals surface area contributed by atoms with Crippen LogP contribution < -0.4 is 15.8 Å². The van der Waals surface area contributed by atoms with Gasteiger partial charge in [-0.25, -0.2) is 14.8 Å². The summed E-state index contributed by atoms with van der Waals surface area (Å²) in [6, 6.07) is 9.63. The summed E-state index contributed by atoms with van der Waals surface area (Å²) in [6.07, 6.45) is 0. The van der Waals surface area contributed by atoms with Crippen LogP contribution in [0.4, 0.5) is 5.82 Å². The quantitative estimate of drug-likeness (QED) is 0.499. The van der Waals surface area contributed by atoms with E-state index in [1.807, 2.05) is 19.9 Å². The predicted molar refractivity (Wildman–Crippen MR) is 113 cm³/mol. The Balaban J connectivity index is 1.68. The molecule has 0 unspecified atom stereocenters. The van der Waals surface area contributed by atoms with Crippen molar-refractivity contribution in [1.82, 2.24) is 19.7 Å². The van der Waals surface area contributed by atoms with Crippen molar-refractivity contribution in [2.24, 2.45) is 5.73 Å². The Morgan fingerprint density at radius 1 is 1.00 bits per heavy atom. The van der Waals surface area contributed by atoms with Crippen LogP contribution >= 0.6 is 0 Å². The fraction of sp³-hybridized carbons (Fsp3) is 0.238. The van der Waals surface area contributed by atoms with Gasteiger partial charge in [0.05, 0.1) is 5.69 Å². The molecular weight excluding hydrogens is 416 g/mol. The predicted octanol–water partition coefficient (Wildman–Crippen LogP) is 1.25. The molecule has 0 aliphatic carbocycles. The highest BCUT2D eigenvalue weighted by Gasteiger charge is 2.18. The molecular formula is C21H22N6O5. The summed E-state index contributed by atoms with van der Waals surface area (Å²) in [7, 11) is 0. The first-order chi connectivity index (χ1) is 15.2. The fourth-order valence-corrected chi connectivity index (χ4v) is 2.84. The van der Waals surface area contributed by atoms with Crippen LogP contribution in [0, 0.1) is 20.8 Å². The zero-order valence-electron chi connectivity index (χ0n) is 17.8. The lowest BCUT2D eigenvalue weighted by Gasteiger charge is -2.11. The molecule has 2 aromatic heterocycles. The highest BCUT2D eigenvalue weighted by molar-refractivity contribution is 5.96. The maximum absolute atomic E-state index is 12.4. The smallest absolute Gasteiger partial charge is 0.342 e. The van der Waals surface area contributed by atoms with Gasteiger partial charge < -0.3 is 20.5 Å². The van der Waals surface area contributed by atoms with E-state index in [-0.39, 0.29) is 11.3 Å². The number of benzene rings is 1. The van der Waals surface area contributed by atoms with Crippen LogP contribution in [0.25, 0.3) is 5.95 Å². The molecule has 3 aromatic rings. The number of para-hydroxylation sites is 1. The number of esters is 1. The van der Waals surface area contributed by atoms with Gasteiger partial charge in [-0.2, -0.15) is 9.78 Å². The number of carbonyl (C=O) groups is 3. The lowest BCUT2D eigenvalue weighted by Crippen LogP contribution is -2.23. The molecule has 0 radical (unpaired) electrons. The molecule has 11 heteroatoms. The number of amides is 2. The highest BCUT2D eigenvalue weighted by Crippen LogP contribution is 2.19. The van der Waals surface area contributed by atoms with Gasteiger partial charge in [-0.3, -0.25) is 9.59 Å². The number of ether oxygens (including phenoxy) is 2. The average Bonchev–Trinajstić information content (AvgIpc) is 3.10. The Morgan fingerprint density at radius 2 is 1.69 bits per heavy atom. The number of hydrogen-bond acceptors (Lipinski definition) is 8. The number of nitrogens with one attached hydrogen (secondary N) is 1. The summed E-state index contributed by atoms with van der Waals surface area (Å²) < 4.78 is 11.7. The first-order valence-corrected chi connectivity index (χ1v) is 9.59. The van der Waals surface area contributed by atoms with Crippen LogP contribution in [-0.2, 0) is 14.3 Å². The number of aryl methyl sites for hydroxylation is 3. The lowest BCUT2D eigenvalue weighted by molar-refractivity contribution is -0.120. The average molecular weight is 438 g/mol. The van der Waals surface area contributed by atoms with Crippen LogP contribution in [0.1, 0.15) is 27.4 Å². The van der Waals surface area contributed by atoms with Gasteiger partial charge in [0.2, 0.25) is 0 Å². The fourth-order valence-electron chi connectivity index (χ4n) is 2.84. The molecule has 0 saturated heterocycles. The summed E-state index contributed by atoms with van der Waals surface area (Å²) in [5, 5.41) is 6.96. The molecule has 11 nitrogen and oxygen atoms in total. The van der Waals surface area contributed by atoms with E-state index in [2.05, 4.69) is 20.4 Å². The van der Waals surface area contributed by atoms with E-state index in [1.165, 1.54) is 16.8 Å². The van der Waals surface area contributed by atoms with E-state index in [1.54, 1.807) is 25.1 Å². The Kier molecular flexibility index (Phi) is 6.78. The zero-order chi connectivity index (χ0) is 23.3. The third kappa shape index (κ3) is 5.65. The molecule has 0 fully saturated rings. The standard InChI is InChI=1S/C21H22N6O5/c1-12-8-13(2)24-21(23-12)27-18(9-14(3)26-27)25-19(29)11-32-20(30)15-6-4-5-7-16(15)31-10-17(22)28/h4-9H,10-11H2,1-3H3,(H2,22,28)(H,25,29). The molecule has 3 N–H and O–H groups in total. The van der Waals surface area contributed by atoms with Gasteiger partial charge in [-0.05, 0) is 39.0 Å². The van der Waals surface area contributed by atoms with Crippen molar-refractivity contribution >= 4 is 23.6 Å². The Hall–Kier alpha value is -4.28. The van der Waals surface area contributed by atoms with Crippen LogP contribution in [0.15, 0.2) is 36.4 Å². The van der Waals surface area contributed by atoms with E-state index in [0.717, 1.165) is 11.4 Å². The van der Waals surface area contributed by atoms with Crippen LogP contribution in [0.2, 0.25) is 0 Å². The second-order valence-corrected chi connectivity index (χ2v) is 6.91. The van der Waals surface area contributed by atoms with E-state index in [4.69, 9.17) is 15.2 Å². The molecule has 166 valence electrons. The highest BCUT2D eigenvalue weighted by atomic mass is 16.5. The van der Waals surface area contributed by atoms with Crippen molar-refractivity contribution in [2.45, 2.75) is 20.8 Å². The van der Waals surface area contributed by atoms with Crippen LogP contribution in [0.5, 0.6) is 5.75 Å². The van der Waals surface area contributed by atoms with E-state index in [9.17, 15) is 14.4 Å². The third-order valence-corrected chi connectivity index (χ3v) is 4.07. The number of nitrogens with zero attached hydrogens (tertiary/aromatic N) is 4. The van der Waals surface area contributed by atoms with E-state index in [0.29, 0.717) is 17.5 Å². The molecule has 32 heavy (non-hydrogen) atoms. The molecule has 3 rings (SSSR count). The van der Waals surface area contributed by atoms with Crippen molar-refractivity contribution < 1.29 is 23.9 Å². The topological polar surface area (TPSA) is 151 Å². The molecule has 0 spiro atoms. The summed E-state index contributed by atoms with van der Waals surface area (Å²) in [6.45, 7) is 4.47. The van der Waals surface area contributed by atoms with E-state index >= 15 is 0 Å². The number of carbonyl (C=O) groups excluding carboxylic acids is 3. The normalized spacial score (nSPS) is 10.5. The van der Waals surface area contributed by atoms with Crippen molar-refractivity contribution in [1.29, 1.82) is 0 Å². The molecule has 0 saturated carbocycles. The van der Waals surface area contributed by atoms with Gasteiger partial charge in [0, 0.05) is 17.5 Å². The van der Waals surface area contributed by atoms with Gasteiger partial charge in [-0.1, -0.05) is 12.1 Å². The number of hydrogen-bond donors (Lipinski definition) is 2. The maximum atomic E-state index is 12.4. The monoisotopic (exact) mass is 438 g/mol. The van der Waals surface area contributed by atoms with Crippen LogP contribution in [-0.4, -0.2) is 50.7 Å². The molecule has 0 atom stereocenters. The SMILES string of the molecule is Cc1cc(C)nc(-n2nc(C)cc2NC(=O)COC(=O)c2ccccc2OCC(N)=O)n1. The minimum absolute atomic E-state index is 0.0612. The lowest BCUT2D eigenvalue weighted by atomic mass is 10.2. The maximum Gasteiger partial charge on any atom is 0.342 e. The Morgan fingerprint density at radius 3 is 2.38 bits per heavy atom. The van der Waals surface area contributed by atoms with Crippen molar-refractivity contribution in [3.63, 3.8) is 0 Å². The summed E-state index contributed by atoms with van der Waals surface area (Å²) in [5.41, 5.74) is 7.27. The van der Waals surface area contributed by atoms with Gasteiger partial charge in [0.25, 0.3) is 17.8 Å². The first-order valence-electron chi connectivity index (χ1n) is 9.59. The number of primary amides is 1. The number of nitrogens with two attached hydrogens (primary N) is 1.